The number of hydrogen-bond donors (Lipinski definition) is 0. The van der Waals surface area contributed by atoms with Gasteiger partial charge >= 0.3 is 5.97 Å². The van der Waals surface area contributed by atoms with E-state index in [2.05, 4.69) is 0 Å². The lowest BCUT2D eigenvalue weighted by atomic mass is 10.1. The topological polar surface area (TPSA) is 97.1 Å². The number of esters is 1. The van der Waals surface area contributed by atoms with E-state index in [1.54, 1.807) is 37.3 Å². The number of halogens is 4. The van der Waals surface area contributed by atoms with Crippen LogP contribution in [0.15, 0.2) is 105 Å². The van der Waals surface area contributed by atoms with Crippen LogP contribution < -0.4 is 4.90 Å². The molecule has 0 bridgehead atoms. The molecule has 0 saturated carbocycles. The lowest BCUT2D eigenvalue weighted by molar-refractivity contribution is -0.137. The van der Waals surface area contributed by atoms with Crippen LogP contribution in [0.25, 0.3) is 6.08 Å². The van der Waals surface area contributed by atoms with Crippen molar-refractivity contribution in [2.75, 3.05) is 12.0 Å². The second-order valence-corrected chi connectivity index (χ2v) is 13.1. The average molecular weight is 690 g/mol. The Balaban J connectivity index is 1.50. The van der Waals surface area contributed by atoms with Crippen molar-refractivity contribution in [3.05, 3.63) is 134 Å². The Morgan fingerprint density at radius 2 is 1.64 bits per heavy atom. The zero-order valence-electron chi connectivity index (χ0n) is 23.8. The first-order chi connectivity index (χ1) is 21.4. The highest BCUT2D eigenvalue weighted by atomic mass is 35.5. The van der Waals surface area contributed by atoms with E-state index in [-0.39, 0.29) is 45.8 Å². The van der Waals surface area contributed by atoms with Crippen LogP contribution >= 0.6 is 34.8 Å². The maximum absolute atomic E-state index is 13.8. The number of rotatable bonds is 9. The van der Waals surface area contributed by atoms with Gasteiger partial charge in [-0.3, -0.25) is 4.79 Å². The van der Waals surface area contributed by atoms with E-state index >= 15 is 0 Å². The highest BCUT2D eigenvalue weighted by Crippen LogP contribution is 2.36. The maximum Gasteiger partial charge on any atom is 0.343 e. The van der Waals surface area contributed by atoms with Crippen LogP contribution in [0.1, 0.15) is 24.0 Å². The molecule has 1 aromatic heterocycles. The molecule has 45 heavy (non-hydrogen) atoms. The molecule has 1 aliphatic heterocycles. The third kappa shape index (κ3) is 6.85. The number of benzene rings is 3. The fraction of sp³-hybridized carbons (Fsp3) is 0.125. The number of anilines is 1. The number of sulfonamides is 1. The number of carbonyl (C=O) groups excluding carboxylic acids is 2. The zero-order chi connectivity index (χ0) is 32.5. The van der Waals surface area contributed by atoms with Crippen molar-refractivity contribution >= 4 is 68.3 Å². The Kier molecular flexibility index (Phi) is 9.52. The van der Waals surface area contributed by atoms with Gasteiger partial charge in [-0.05, 0) is 85.3 Å². The van der Waals surface area contributed by atoms with E-state index in [4.69, 9.17) is 44.0 Å². The first-order valence-electron chi connectivity index (χ1n) is 13.3. The predicted octanol–water partition coefficient (Wildman–Crippen LogP) is 7.65. The van der Waals surface area contributed by atoms with E-state index in [0.717, 1.165) is 0 Å². The second kappa shape index (κ2) is 13.2. The number of allylic oxidation sites excluding steroid dienone is 2. The van der Waals surface area contributed by atoms with Gasteiger partial charge in [0, 0.05) is 29.0 Å². The highest BCUT2D eigenvalue weighted by molar-refractivity contribution is 7.89. The number of carbonyl (C=O) groups is 2. The van der Waals surface area contributed by atoms with Crippen LogP contribution in [-0.2, 0) is 37.4 Å². The fourth-order valence-corrected chi connectivity index (χ4v) is 6.61. The van der Waals surface area contributed by atoms with Crippen molar-refractivity contribution in [1.82, 2.24) is 4.31 Å². The van der Waals surface area contributed by atoms with E-state index in [0.29, 0.717) is 27.0 Å². The Labute approximate surface area is 273 Å². The molecule has 0 spiro atoms. The standard InChI is InChI=1S/C32H24Cl3FN2O6S/c1-19-30(32(40)43-2)31(39)29(38(19)23-8-6-22(36)7-9-23)16-24-10-11-25(44-24)18-37(17-20-3-14-27(34)28(35)15-20)45(41,42)26-12-4-21(33)5-13-26/h3-16H,17-18H2,1-2H3/b29-16+. The summed E-state index contributed by atoms with van der Waals surface area (Å²) in [5.41, 5.74) is 1.18. The molecule has 5 rings (SSSR count). The Morgan fingerprint density at radius 1 is 0.956 bits per heavy atom. The summed E-state index contributed by atoms with van der Waals surface area (Å²) >= 11 is 18.2. The van der Waals surface area contributed by atoms with Gasteiger partial charge in [-0.2, -0.15) is 4.31 Å². The number of nitrogens with zero attached hydrogens (tertiary/aromatic N) is 2. The van der Waals surface area contributed by atoms with Crippen molar-refractivity contribution in [3.8, 4) is 0 Å². The first-order valence-corrected chi connectivity index (χ1v) is 15.9. The number of furan rings is 1. The first kappa shape index (κ1) is 32.5. The van der Waals surface area contributed by atoms with Gasteiger partial charge in [0.05, 0.1) is 34.3 Å². The van der Waals surface area contributed by atoms with E-state index in [1.807, 2.05) is 0 Å². The highest BCUT2D eigenvalue weighted by Gasteiger charge is 2.38. The smallest absolute Gasteiger partial charge is 0.343 e. The Bertz CT molecular complexity index is 1960. The minimum Gasteiger partial charge on any atom is -0.465 e. The van der Waals surface area contributed by atoms with Gasteiger partial charge in [-0.15, -0.1) is 0 Å². The molecule has 2 heterocycles. The van der Waals surface area contributed by atoms with Crippen LogP contribution in [0.3, 0.4) is 0 Å². The summed E-state index contributed by atoms with van der Waals surface area (Å²) in [6.07, 6.45) is 1.42. The van der Waals surface area contributed by atoms with E-state index < -0.39 is 27.6 Å². The van der Waals surface area contributed by atoms with Crippen LogP contribution in [-0.4, -0.2) is 31.6 Å². The molecule has 0 fully saturated rings. The fourth-order valence-electron chi connectivity index (χ4n) is 4.77. The summed E-state index contributed by atoms with van der Waals surface area (Å²) in [7, 11) is -2.90. The van der Waals surface area contributed by atoms with E-state index in [9.17, 15) is 22.4 Å². The molecule has 0 aliphatic carbocycles. The molecule has 0 saturated heterocycles. The van der Waals surface area contributed by atoms with Crippen molar-refractivity contribution in [2.45, 2.75) is 24.9 Å². The molecule has 4 aromatic rings. The van der Waals surface area contributed by atoms with Crippen LogP contribution in [0.5, 0.6) is 0 Å². The maximum atomic E-state index is 13.8. The second-order valence-electron chi connectivity index (χ2n) is 9.90. The summed E-state index contributed by atoms with van der Waals surface area (Å²) in [5, 5.41) is 0.976. The number of hydrogen-bond acceptors (Lipinski definition) is 7. The predicted molar refractivity (Wildman–Crippen MR) is 170 cm³/mol. The average Bonchev–Trinajstić information content (AvgIpc) is 3.55. The number of ether oxygens (including phenoxy) is 1. The van der Waals surface area contributed by atoms with Crippen molar-refractivity contribution < 1.29 is 31.6 Å². The van der Waals surface area contributed by atoms with Crippen LogP contribution in [0.2, 0.25) is 15.1 Å². The molecule has 0 unspecified atom stereocenters. The van der Waals surface area contributed by atoms with E-state index in [1.165, 1.54) is 70.9 Å². The van der Waals surface area contributed by atoms with Gasteiger partial charge in [-0.25, -0.2) is 17.6 Å². The molecular weight excluding hydrogens is 666 g/mol. The molecule has 3 aromatic carbocycles. The number of methoxy groups -OCH3 is 1. The summed E-state index contributed by atoms with van der Waals surface area (Å²) < 4.78 is 53.2. The Morgan fingerprint density at radius 3 is 2.29 bits per heavy atom. The van der Waals surface area contributed by atoms with Gasteiger partial charge in [0.15, 0.2) is 0 Å². The third-order valence-electron chi connectivity index (χ3n) is 6.96. The summed E-state index contributed by atoms with van der Waals surface area (Å²) in [6, 6.07) is 19.1. The molecule has 0 radical (unpaired) electrons. The van der Waals surface area contributed by atoms with Gasteiger partial charge in [0.2, 0.25) is 15.8 Å². The number of Topliss-reactive ketones (excluding diaryl/α,β-unsaturated/α-hetero) is 1. The normalized spacial score (nSPS) is 14.6. The van der Waals surface area contributed by atoms with Crippen LogP contribution in [0.4, 0.5) is 10.1 Å². The summed E-state index contributed by atoms with van der Waals surface area (Å²) in [5.74, 6) is -1.44. The van der Waals surface area contributed by atoms with Crippen molar-refractivity contribution in [2.24, 2.45) is 0 Å². The van der Waals surface area contributed by atoms with Crippen molar-refractivity contribution in [3.63, 3.8) is 0 Å². The van der Waals surface area contributed by atoms with Gasteiger partial charge < -0.3 is 14.1 Å². The number of ketones is 1. The monoisotopic (exact) mass is 688 g/mol. The van der Waals surface area contributed by atoms with Gasteiger partial charge in [0.25, 0.3) is 0 Å². The quantitative estimate of drug-likeness (QED) is 0.101. The largest absolute Gasteiger partial charge is 0.465 e. The third-order valence-corrected chi connectivity index (χ3v) is 9.76. The molecular formula is C32H24Cl3FN2O6S. The molecule has 1 aliphatic rings. The van der Waals surface area contributed by atoms with Gasteiger partial charge in [0.1, 0.15) is 22.9 Å². The molecule has 0 amide bonds. The molecule has 232 valence electrons. The molecule has 8 nitrogen and oxygen atoms in total. The van der Waals surface area contributed by atoms with Gasteiger partial charge in [-0.1, -0.05) is 40.9 Å². The van der Waals surface area contributed by atoms with Crippen LogP contribution in [0, 0.1) is 5.82 Å². The molecule has 13 heteroatoms. The van der Waals surface area contributed by atoms with Crippen molar-refractivity contribution in [1.29, 1.82) is 0 Å². The molecule has 0 atom stereocenters. The lowest BCUT2D eigenvalue weighted by Gasteiger charge is -2.22. The molecule has 0 N–H and O–H groups in total. The lowest BCUT2D eigenvalue weighted by Crippen LogP contribution is -2.30. The zero-order valence-corrected chi connectivity index (χ0v) is 26.8. The minimum absolute atomic E-state index is 0.0178. The summed E-state index contributed by atoms with van der Waals surface area (Å²) in [6.45, 7) is 1.32. The summed E-state index contributed by atoms with van der Waals surface area (Å²) in [4.78, 5) is 27.4. The Hall–Kier alpha value is -3.93. The SMILES string of the molecule is COC(=O)C1=C(C)N(c2ccc(F)cc2)/C(=C/c2ccc(CN(Cc3ccc(Cl)c(Cl)c3)S(=O)(=O)c3ccc(Cl)cc3)o2)C1=O. The minimum atomic E-state index is -4.06.